The molecule has 0 aromatic carbocycles. The SMILES string of the molecule is Cc1nn(CSCC(=O)O)c(C)c1Cl. The fraction of sp³-hybridized carbons (Fsp3) is 0.500. The van der Waals surface area contributed by atoms with E-state index < -0.39 is 5.97 Å². The highest BCUT2D eigenvalue weighted by Gasteiger charge is 2.08. The molecule has 0 aliphatic heterocycles. The molecule has 1 aromatic rings. The van der Waals surface area contributed by atoms with Crippen LogP contribution < -0.4 is 0 Å². The van der Waals surface area contributed by atoms with Gasteiger partial charge < -0.3 is 5.11 Å². The molecule has 4 nitrogen and oxygen atoms in total. The van der Waals surface area contributed by atoms with Crippen LogP contribution in [-0.4, -0.2) is 26.6 Å². The number of nitrogens with zero attached hydrogens (tertiary/aromatic N) is 2. The van der Waals surface area contributed by atoms with Gasteiger partial charge >= 0.3 is 5.97 Å². The summed E-state index contributed by atoms with van der Waals surface area (Å²) in [4.78, 5) is 10.3. The summed E-state index contributed by atoms with van der Waals surface area (Å²) in [5.74, 6) is -0.218. The molecule has 1 N–H and O–H groups in total. The zero-order valence-corrected chi connectivity index (χ0v) is 9.52. The Bertz CT molecular complexity index is 351. The van der Waals surface area contributed by atoms with Crippen molar-refractivity contribution in [3.05, 3.63) is 16.4 Å². The predicted octanol–water partition coefficient (Wildman–Crippen LogP) is 1.93. The number of aryl methyl sites for hydroxylation is 1. The minimum Gasteiger partial charge on any atom is -0.481 e. The smallest absolute Gasteiger partial charge is 0.313 e. The van der Waals surface area contributed by atoms with Gasteiger partial charge in [0.05, 0.1) is 28.0 Å². The lowest BCUT2D eigenvalue weighted by Crippen LogP contribution is -2.04. The topological polar surface area (TPSA) is 55.1 Å². The number of aliphatic carboxylic acids is 1. The summed E-state index contributed by atoms with van der Waals surface area (Å²) >= 11 is 7.22. The second-order valence-corrected chi connectivity index (χ2v) is 4.19. The van der Waals surface area contributed by atoms with Crippen molar-refractivity contribution in [3.63, 3.8) is 0 Å². The molecule has 0 saturated heterocycles. The van der Waals surface area contributed by atoms with Crippen molar-refractivity contribution in [1.29, 1.82) is 0 Å². The van der Waals surface area contributed by atoms with Gasteiger partial charge in [0, 0.05) is 0 Å². The molecule has 14 heavy (non-hydrogen) atoms. The Morgan fingerprint density at radius 1 is 1.64 bits per heavy atom. The third-order valence-corrected chi connectivity index (χ3v) is 3.16. The van der Waals surface area contributed by atoms with Crippen molar-refractivity contribution in [2.45, 2.75) is 19.7 Å². The molecule has 0 atom stereocenters. The van der Waals surface area contributed by atoms with Gasteiger partial charge in [-0.2, -0.15) is 5.10 Å². The van der Waals surface area contributed by atoms with Gasteiger partial charge in [-0.05, 0) is 13.8 Å². The van der Waals surface area contributed by atoms with Crippen molar-refractivity contribution >= 4 is 29.3 Å². The first-order valence-corrected chi connectivity index (χ1v) is 5.54. The molecule has 1 aromatic heterocycles. The quantitative estimate of drug-likeness (QED) is 0.865. The lowest BCUT2D eigenvalue weighted by Gasteiger charge is -2.01. The molecule has 0 fully saturated rings. The van der Waals surface area contributed by atoms with Crippen LogP contribution in [-0.2, 0) is 10.7 Å². The molecular weight excluding hydrogens is 224 g/mol. The van der Waals surface area contributed by atoms with Crippen LogP contribution in [0.1, 0.15) is 11.4 Å². The molecule has 0 saturated carbocycles. The highest BCUT2D eigenvalue weighted by atomic mass is 35.5. The summed E-state index contributed by atoms with van der Waals surface area (Å²) in [5, 5.41) is 13.3. The molecule has 1 rings (SSSR count). The van der Waals surface area contributed by atoms with Crippen LogP contribution in [0.2, 0.25) is 5.02 Å². The van der Waals surface area contributed by atoms with Gasteiger partial charge in [0.25, 0.3) is 0 Å². The molecule has 0 unspecified atom stereocenters. The van der Waals surface area contributed by atoms with Crippen LogP contribution in [0, 0.1) is 13.8 Å². The average molecular weight is 235 g/mol. The van der Waals surface area contributed by atoms with E-state index in [4.69, 9.17) is 16.7 Å². The lowest BCUT2D eigenvalue weighted by atomic mass is 10.4. The number of halogens is 1. The highest BCUT2D eigenvalue weighted by Crippen LogP contribution is 2.20. The number of carboxylic acid groups (broad SMARTS) is 1. The average Bonchev–Trinajstić information content (AvgIpc) is 2.33. The largest absolute Gasteiger partial charge is 0.481 e. The Labute approximate surface area is 91.2 Å². The van der Waals surface area contributed by atoms with Crippen molar-refractivity contribution < 1.29 is 9.90 Å². The van der Waals surface area contributed by atoms with E-state index in [-0.39, 0.29) is 5.75 Å². The second-order valence-electron chi connectivity index (χ2n) is 2.86. The van der Waals surface area contributed by atoms with E-state index in [0.29, 0.717) is 10.9 Å². The minimum absolute atomic E-state index is 0.0793. The summed E-state index contributed by atoms with van der Waals surface area (Å²) < 4.78 is 1.71. The van der Waals surface area contributed by atoms with E-state index >= 15 is 0 Å². The highest BCUT2D eigenvalue weighted by molar-refractivity contribution is 7.98. The van der Waals surface area contributed by atoms with Gasteiger partial charge in [-0.15, -0.1) is 11.8 Å². The fourth-order valence-corrected chi connectivity index (χ4v) is 1.85. The number of carboxylic acids is 1. The number of carbonyl (C=O) groups is 1. The molecule has 0 spiro atoms. The number of thioether (sulfide) groups is 1. The maximum atomic E-state index is 10.3. The van der Waals surface area contributed by atoms with Crippen molar-refractivity contribution in [2.24, 2.45) is 0 Å². The monoisotopic (exact) mass is 234 g/mol. The summed E-state index contributed by atoms with van der Waals surface area (Å²) in [6, 6.07) is 0. The first kappa shape index (κ1) is 11.4. The number of rotatable bonds is 4. The van der Waals surface area contributed by atoms with Crippen LogP contribution in [0.4, 0.5) is 0 Å². The molecule has 0 aliphatic rings. The summed E-state index contributed by atoms with van der Waals surface area (Å²) in [5.41, 5.74) is 1.65. The Morgan fingerprint density at radius 2 is 2.29 bits per heavy atom. The maximum absolute atomic E-state index is 10.3. The molecule has 0 bridgehead atoms. The number of aromatic nitrogens is 2. The Hall–Kier alpha value is -0.680. The van der Waals surface area contributed by atoms with Gasteiger partial charge in [-0.1, -0.05) is 11.6 Å². The van der Waals surface area contributed by atoms with E-state index in [0.717, 1.165) is 11.4 Å². The Balaban J connectivity index is 2.59. The van der Waals surface area contributed by atoms with E-state index in [2.05, 4.69) is 5.10 Å². The van der Waals surface area contributed by atoms with Crippen LogP contribution in [0.15, 0.2) is 0 Å². The molecular formula is C8H11ClN2O2S. The Kier molecular flexibility index (Phi) is 3.83. The van der Waals surface area contributed by atoms with E-state index in [9.17, 15) is 4.79 Å². The van der Waals surface area contributed by atoms with E-state index in [1.807, 2.05) is 13.8 Å². The maximum Gasteiger partial charge on any atom is 0.313 e. The van der Waals surface area contributed by atoms with Crippen LogP contribution in [0.25, 0.3) is 0 Å². The first-order valence-electron chi connectivity index (χ1n) is 4.01. The third-order valence-electron chi connectivity index (χ3n) is 1.73. The van der Waals surface area contributed by atoms with E-state index in [1.54, 1.807) is 4.68 Å². The minimum atomic E-state index is -0.817. The third kappa shape index (κ3) is 2.65. The molecule has 0 amide bonds. The number of hydrogen-bond donors (Lipinski definition) is 1. The van der Waals surface area contributed by atoms with Gasteiger partial charge in [0.15, 0.2) is 0 Å². The zero-order chi connectivity index (χ0) is 10.7. The van der Waals surface area contributed by atoms with Gasteiger partial charge in [-0.25, -0.2) is 0 Å². The normalized spacial score (nSPS) is 10.5. The van der Waals surface area contributed by atoms with Gasteiger partial charge in [0.1, 0.15) is 0 Å². The predicted molar refractivity (Wildman–Crippen MR) is 56.8 cm³/mol. The molecule has 78 valence electrons. The van der Waals surface area contributed by atoms with Gasteiger partial charge in [0.2, 0.25) is 0 Å². The molecule has 0 radical (unpaired) electrons. The van der Waals surface area contributed by atoms with Crippen molar-refractivity contribution in [3.8, 4) is 0 Å². The van der Waals surface area contributed by atoms with Crippen LogP contribution >= 0.6 is 23.4 Å². The molecule has 6 heteroatoms. The lowest BCUT2D eigenvalue weighted by molar-refractivity contribution is -0.133. The van der Waals surface area contributed by atoms with E-state index in [1.165, 1.54) is 11.8 Å². The fourth-order valence-electron chi connectivity index (χ4n) is 1.02. The zero-order valence-electron chi connectivity index (χ0n) is 7.95. The van der Waals surface area contributed by atoms with Crippen LogP contribution in [0.3, 0.4) is 0 Å². The first-order chi connectivity index (χ1) is 6.52. The summed E-state index contributed by atoms with van der Waals surface area (Å²) in [7, 11) is 0. The standard InChI is InChI=1S/C8H11ClN2O2S/c1-5-8(9)6(2)11(10-5)4-14-3-7(12)13/h3-4H2,1-2H3,(H,12,13). The molecule has 0 aliphatic carbocycles. The van der Waals surface area contributed by atoms with Crippen molar-refractivity contribution in [1.82, 2.24) is 9.78 Å². The summed E-state index contributed by atoms with van der Waals surface area (Å²) in [6.07, 6.45) is 0. The van der Waals surface area contributed by atoms with Crippen LogP contribution in [0.5, 0.6) is 0 Å². The number of hydrogen-bond acceptors (Lipinski definition) is 3. The summed E-state index contributed by atoms with van der Waals surface area (Å²) in [6.45, 7) is 3.69. The molecule has 1 heterocycles. The van der Waals surface area contributed by atoms with Crippen molar-refractivity contribution in [2.75, 3.05) is 5.75 Å². The van der Waals surface area contributed by atoms with Gasteiger partial charge in [-0.3, -0.25) is 9.48 Å². The second kappa shape index (κ2) is 4.70. The Morgan fingerprint density at radius 3 is 2.71 bits per heavy atom.